The maximum Gasteiger partial charge on any atom is 0.226 e. The number of nitrogens with zero attached hydrogens (tertiary/aromatic N) is 1. The summed E-state index contributed by atoms with van der Waals surface area (Å²) in [6.07, 6.45) is 2.11. The molecule has 2 aliphatic rings. The minimum absolute atomic E-state index is 0.165. The van der Waals surface area contributed by atoms with E-state index in [1.165, 1.54) is 0 Å². The highest BCUT2D eigenvalue weighted by atomic mass is 16.3. The van der Waals surface area contributed by atoms with Crippen LogP contribution in [-0.4, -0.2) is 48.7 Å². The second-order valence-electron chi connectivity index (χ2n) is 5.21. The molecule has 0 aromatic heterocycles. The summed E-state index contributed by atoms with van der Waals surface area (Å²) in [6, 6.07) is 0. The van der Waals surface area contributed by atoms with Crippen molar-refractivity contribution in [2.24, 2.45) is 17.8 Å². The van der Waals surface area contributed by atoms with Gasteiger partial charge in [-0.05, 0) is 25.3 Å². The molecule has 0 spiro atoms. The van der Waals surface area contributed by atoms with Gasteiger partial charge < -0.3 is 15.3 Å². The molecule has 0 aromatic carbocycles. The average molecular weight is 226 g/mol. The maximum absolute atomic E-state index is 12.2. The van der Waals surface area contributed by atoms with Crippen molar-refractivity contribution in [3.8, 4) is 0 Å². The molecule has 4 heteroatoms. The number of hydrogen-bond acceptors (Lipinski definition) is 3. The van der Waals surface area contributed by atoms with Crippen LogP contribution < -0.4 is 5.32 Å². The van der Waals surface area contributed by atoms with Gasteiger partial charge in [0.15, 0.2) is 0 Å². The van der Waals surface area contributed by atoms with Gasteiger partial charge in [0.25, 0.3) is 0 Å². The Bertz CT molecular complexity index is 251. The Morgan fingerprint density at radius 3 is 2.88 bits per heavy atom. The second kappa shape index (κ2) is 5.15. The Hall–Kier alpha value is -0.610. The maximum atomic E-state index is 12.2. The Balaban J connectivity index is 1.90. The first-order valence-electron chi connectivity index (χ1n) is 6.32. The van der Waals surface area contributed by atoms with Crippen LogP contribution in [0.3, 0.4) is 0 Å². The first-order chi connectivity index (χ1) is 7.72. The van der Waals surface area contributed by atoms with Gasteiger partial charge in [0.1, 0.15) is 0 Å². The summed E-state index contributed by atoms with van der Waals surface area (Å²) in [5.41, 5.74) is 0. The average Bonchev–Trinajstić information content (AvgIpc) is 2.71. The predicted octanol–water partition coefficient (Wildman–Crippen LogP) is 0.0728. The van der Waals surface area contributed by atoms with Gasteiger partial charge in [-0.25, -0.2) is 0 Å². The van der Waals surface area contributed by atoms with Gasteiger partial charge in [0.05, 0.1) is 5.92 Å². The van der Waals surface area contributed by atoms with E-state index in [4.69, 9.17) is 0 Å². The normalized spacial score (nSPS) is 35.4. The molecule has 0 unspecified atom stereocenters. The van der Waals surface area contributed by atoms with E-state index < -0.39 is 0 Å². The highest BCUT2D eigenvalue weighted by molar-refractivity contribution is 5.79. The topological polar surface area (TPSA) is 52.6 Å². The summed E-state index contributed by atoms with van der Waals surface area (Å²) in [4.78, 5) is 14.2. The Morgan fingerprint density at radius 1 is 1.50 bits per heavy atom. The van der Waals surface area contributed by atoms with Crippen molar-refractivity contribution >= 4 is 5.91 Å². The molecule has 0 aliphatic carbocycles. The molecule has 2 heterocycles. The van der Waals surface area contributed by atoms with Crippen molar-refractivity contribution in [1.29, 1.82) is 0 Å². The van der Waals surface area contributed by atoms with Crippen LogP contribution >= 0.6 is 0 Å². The van der Waals surface area contributed by atoms with Crippen molar-refractivity contribution in [2.75, 3.05) is 32.8 Å². The van der Waals surface area contributed by atoms with E-state index >= 15 is 0 Å². The molecule has 0 saturated carbocycles. The minimum Gasteiger partial charge on any atom is -0.396 e. The summed E-state index contributed by atoms with van der Waals surface area (Å²) in [7, 11) is 0. The standard InChI is InChI=1S/C12H22N2O2/c1-9-6-14(7-11(9)8-15)12(16)10-3-2-4-13-5-10/h9-11,13,15H,2-8H2,1H3/t9-,10-,11+/m1/s1. The van der Waals surface area contributed by atoms with Gasteiger partial charge in [-0.2, -0.15) is 0 Å². The first kappa shape index (κ1) is 11.9. The molecule has 16 heavy (non-hydrogen) atoms. The molecule has 92 valence electrons. The van der Waals surface area contributed by atoms with E-state index in [-0.39, 0.29) is 24.3 Å². The van der Waals surface area contributed by atoms with Crippen molar-refractivity contribution < 1.29 is 9.90 Å². The fraction of sp³-hybridized carbons (Fsp3) is 0.917. The molecule has 2 N–H and O–H groups in total. The van der Waals surface area contributed by atoms with Gasteiger partial charge in [-0.15, -0.1) is 0 Å². The molecule has 3 atom stereocenters. The number of aliphatic hydroxyl groups excluding tert-OH is 1. The van der Waals surface area contributed by atoms with E-state index in [0.29, 0.717) is 5.92 Å². The SMILES string of the molecule is C[C@@H]1CN(C(=O)[C@@H]2CCCNC2)C[C@H]1CO. The zero-order valence-corrected chi connectivity index (χ0v) is 9.98. The summed E-state index contributed by atoms with van der Waals surface area (Å²) >= 11 is 0. The van der Waals surface area contributed by atoms with Crippen LogP contribution in [0.25, 0.3) is 0 Å². The molecule has 2 fully saturated rings. The number of likely N-dealkylation sites (tertiary alicyclic amines) is 1. The number of carbonyl (C=O) groups excluding carboxylic acids is 1. The lowest BCUT2D eigenvalue weighted by atomic mass is 9.98. The van der Waals surface area contributed by atoms with Gasteiger partial charge in [0, 0.05) is 32.2 Å². The first-order valence-corrected chi connectivity index (χ1v) is 6.32. The third-order valence-electron chi connectivity index (χ3n) is 3.96. The van der Waals surface area contributed by atoms with E-state index in [0.717, 1.165) is 39.0 Å². The van der Waals surface area contributed by atoms with Crippen molar-refractivity contribution in [3.05, 3.63) is 0 Å². The van der Waals surface area contributed by atoms with Crippen LogP contribution in [0.15, 0.2) is 0 Å². The zero-order chi connectivity index (χ0) is 11.5. The van der Waals surface area contributed by atoms with Crippen LogP contribution in [0.1, 0.15) is 19.8 Å². The molecule has 2 aliphatic heterocycles. The number of amides is 1. The largest absolute Gasteiger partial charge is 0.396 e. The fourth-order valence-corrected chi connectivity index (χ4v) is 2.77. The van der Waals surface area contributed by atoms with E-state index in [1.54, 1.807) is 0 Å². The number of hydrogen-bond donors (Lipinski definition) is 2. The lowest BCUT2D eigenvalue weighted by Crippen LogP contribution is -2.42. The quantitative estimate of drug-likeness (QED) is 0.701. The van der Waals surface area contributed by atoms with E-state index in [1.807, 2.05) is 4.90 Å². The van der Waals surface area contributed by atoms with Gasteiger partial charge in [0.2, 0.25) is 5.91 Å². The van der Waals surface area contributed by atoms with Crippen LogP contribution in [0.4, 0.5) is 0 Å². The molecule has 0 bridgehead atoms. The van der Waals surface area contributed by atoms with Crippen molar-refractivity contribution in [1.82, 2.24) is 10.2 Å². The predicted molar refractivity (Wildman–Crippen MR) is 61.9 cm³/mol. The van der Waals surface area contributed by atoms with E-state index in [9.17, 15) is 9.90 Å². The van der Waals surface area contributed by atoms with Gasteiger partial charge >= 0.3 is 0 Å². The number of rotatable bonds is 2. The fourth-order valence-electron chi connectivity index (χ4n) is 2.77. The highest BCUT2D eigenvalue weighted by Gasteiger charge is 2.35. The van der Waals surface area contributed by atoms with Crippen LogP contribution in [0, 0.1) is 17.8 Å². The summed E-state index contributed by atoms with van der Waals surface area (Å²) in [5.74, 6) is 1.17. The molecule has 2 rings (SSSR count). The Kier molecular flexibility index (Phi) is 3.82. The molecule has 2 saturated heterocycles. The molecule has 1 amide bonds. The number of nitrogens with one attached hydrogen (secondary N) is 1. The van der Waals surface area contributed by atoms with Crippen LogP contribution in [0.5, 0.6) is 0 Å². The van der Waals surface area contributed by atoms with Crippen molar-refractivity contribution in [2.45, 2.75) is 19.8 Å². The van der Waals surface area contributed by atoms with Crippen LogP contribution in [0.2, 0.25) is 0 Å². The lowest BCUT2D eigenvalue weighted by Gasteiger charge is -2.26. The smallest absolute Gasteiger partial charge is 0.226 e. The number of piperidine rings is 1. The Morgan fingerprint density at radius 2 is 2.31 bits per heavy atom. The molecule has 0 radical (unpaired) electrons. The van der Waals surface area contributed by atoms with Crippen molar-refractivity contribution in [3.63, 3.8) is 0 Å². The number of carbonyl (C=O) groups is 1. The molecular formula is C12H22N2O2. The third-order valence-corrected chi connectivity index (χ3v) is 3.96. The van der Waals surface area contributed by atoms with Gasteiger partial charge in [-0.3, -0.25) is 4.79 Å². The second-order valence-corrected chi connectivity index (χ2v) is 5.21. The highest BCUT2D eigenvalue weighted by Crippen LogP contribution is 2.25. The summed E-state index contributed by atoms with van der Waals surface area (Å²) < 4.78 is 0. The molecule has 4 nitrogen and oxygen atoms in total. The minimum atomic E-state index is 0.165. The monoisotopic (exact) mass is 226 g/mol. The van der Waals surface area contributed by atoms with Crippen LogP contribution in [-0.2, 0) is 4.79 Å². The lowest BCUT2D eigenvalue weighted by molar-refractivity contribution is -0.135. The molecular weight excluding hydrogens is 204 g/mol. The summed E-state index contributed by atoms with van der Waals surface area (Å²) in [5, 5.41) is 12.5. The molecule has 0 aromatic rings. The van der Waals surface area contributed by atoms with Gasteiger partial charge in [-0.1, -0.05) is 6.92 Å². The summed E-state index contributed by atoms with van der Waals surface area (Å²) in [6.45, 7) is 5.75. The van der Waals surface area contributed by atoms with E-state index in [2.05, 4.69) is 12.2 Å². The Labute approximate surface area is 97.0 Å². The zero-order valence-electron chi connectivity index (χ0n) is 9.98. The number of aliphatic hydroxyl groups is 1. The third kappa shape index (κ3) is 2.38.